The van der Waals surface area contributed by atoms with Gasteiger partial charge in [-0.1, -0.05) is 49.1 Å². The lowest BCUT2D eigenvalue weighted by Gasteiger charge is -2.39. The molecule has 0 aliphatic rings. The summed E-state index contributed by atoms with van der Waals surface area (Å²) in [5, 5.41) is 0. The summed E-state index contributed by atoms with van der Waals surface area (Å²) in [5.41, 5.74) is -5.98. The van der Waals surface area contributed by atoms with Crippen molar-refractivity contribution in [2.45, 2.75) is 24.7 Å². The molecule has 0 unspecified atom stereocenters. The van der Waals surface area contributed by atoms with Gasteiger partial charge in [-0.2, -0.15) is 26.3 Å². The number of hydrogen-bond donors (Lipinski definition) is 1. The number of thiol groups is 1. The standard InChI is InChI=1S/C16H14F6S/c1-3-12(10-9-11(2)23)14(15(17,18)19,16(20,21)22)13-7-5-4-6-8-13/h3-10,23H,2H2,1H3/b10-9-,12-3+. The van der Waals surface area contributed by atoms with Crippen molar-refractivity contribution in [1.82, 2.24) is 0 Å². The van der Waals surface area contributed by atoms with Crippen LogP contribution >= 0.6 is 12.6 Å². The van der Waals surface area contributed by atoms with E-state index in [4.69, 9.17) is 0 Å². The molecule has 1 rings (SSSR count). The highest BCUT2D eigenvalue weighted by Gasteiger charge is 2.72. The van der Waals surface area contributed by atoms with E-state index in [0.29, 0.717) is 0 Å². The molecule has 0 aromatic heterocycles. The number of alkyl halides is 6. The van der Waals surface area contributed by atoms with E-state index >= 15 is 0 Å². The van der Waals surface area contributed by atoms with E-state index in [1.54, 1.807) is 0 Å². The number of rotatable bonds is 4. The molecular formula is C16H14F6S. The molecule has 0 radical (unpaired) electrons. The second kappa shape index (κ2) is 6.86. The fourth-order valence-corrected chi connectivity index (χ4v) is 2.37. The van der Waals surface area contributed by atoms with Crippen LogP contribution in [0.5, 0.6) is 0 Å². The maximum absolute atomic E-state index is 13.7. The Balaban J connectivity index is 3.82. The van der Waals surface area contributed by atoms with Crippen LogP contribution in [-0.4, -0.2) is 12.4 Å². The Kier molecular flexibility index (Phi) is 5.79. The molecule has 0 bridgehead atoms. The lowest BCUT2D eigenvalue weighted by Crippen LogP contribution is -2.55. The summed E-state index contributed by atoms with van der Waals surface area (Å²) in [6.07, 6.45) is -8.65. The minimum absolute atomic E-state index is 0.0376. The highest BCUT2D eigenvalue weighted by atomic mass is 32.1. The fourth-order valence-electron chi connectivity index (χ4n) is 2.29. The third kappa shape index (κ3) is 3.65. The first-order valence-corrected chi connectivity index (χ1v) is 6.85. The first kappa shape index (κ1) is 19.4. The number of allylic oxidation sites excluding steroid dienone is 4. The van der Waals surface area contributed by atoms with E-state index in [2.05, 4.69) is 19.2 Å². The molecule has 1 aromatic carbocycles. The van der Waals surface area contributed by atoms with Gasteiger partial charge in [-0.05, 0) is 29.0 Å². The van der Waals surface area contributed by atoms with E-state index in [-0.39, 0.29) is 4.91 Å². The lowest BCUT2D eigenvalue weighted by atomic mass is 9.72. The van der Waals surface area contributed by atoms with Gasteiger partial charge in [0.05, 0.1) is 0 Å². The van der Waals surface area contributed by atoms with Gasteiger partial charge in [-0.25, -0.2) is 0 Å². The molecule has 0 fully saturated rings. The Hall–Kier alpha value is -1.63. The number of hydrogen-bond acceptors (Lipinski definition) is 1. The van der Waals surface area contributed by atoms with Crippen LogP contribution < -0.4 is 0 Å². The normalized spacial score (nSPS) is 14.3. The second-order valence-corrected chi connectivity index (χ2v) is 5.25. The molecular weight excluding hydrogens is 338 g/mol. The molecule has 23 heavy (non-hydrogen) atoms. The third-order valence-corrected chi connectivity index (χ3v) is 3.41. The summed E-state index contributed by atoms with van der Waals surface area (Å²) < 4.78 is 82.1. The van der Waals surface area contributed by atoms with E-state index in [1.807, 2.05) is 0 Å². The summed E-state index contributed by atoms with van der Waals surface area (Å²) in [4.78, 5) is 0.0376. The SMILES string of the molecule is C=C(S)/C=C\C(=C/C)C(c1ccccc1)(C(F)(F)F)C(F)(F)F. The lowest BCUT2D eigenvalue weighted by molar-refractivity contribution is -0.289. The van der Waals surface area contributed by atoms with Crippen molar-refractivity contribution in [1.29, 1.82) is 0 Å². The van der Waals surface area contributed by atoms with Crippen LogP contribution in [0.4, 0.5) is 26.3 Å². The van der Waals surface area contributed by atoms with Crippen molar-refractivity contribution >= 4 is 12.6 Å². The summed E-state index contributed by atoms with van der Waals surface area (Å²) in [6, 6.07) is 5.25. The van der Waals surface area contributed by atoms with Crippen LogP contribution in [0.3, 0.4) is 0 Å². The van der Waals surface area contributed by atoms with Gasteiger partial charge in [0.15, 0.2) is 0 Å². The summed E-state index contributed by atoms with van der Waals surface area (Å²) in [7, 11) is 0. The molecule has 0 aliphatic carbocycles. The number of benzene rings is 1. The molecule has 0 heterocycles. The zero-order valence-corrected chi connectivity index (χ0v) is 12.9. The molecule has 7 heteroatoms. The Morgan fingerprint density at radius 3 is 1.78 bits per heavy atom. The smallest absolute Gasteiger partial charge is 0.169 e. The van der Waals surface area contributed by atoms with Crippen LogP contribution in [0.2, 0.25) is 0 Å². The van der Waals surface area contributed by atoms with Crippen molar-refractivity contribution < 1.29 is 26.3 Å². The van der Waals surface area contributed by atoms with Gasteiger partial charge in [-0.15, -0.1) is 12.6 Å². The van der Waals surface area contributed by atoms with Gasteiger partial charge >= 0.3 is 12.4 Å². The maximum atomic E-state index is 13.7. The van der Waals surface area contributed by atoms with Gasteiger partial charge in [0.1, 0.15) is 0 Å². The summed E-state index contributed by atoms with van der Waals surface area (Å²) in [6.45, 7) is 4.45. The molecule has 0 spiro atoms. The van der Waals surface area contributed by atoms with Gasteiger partial charge < -0.3 is 0 Å². The zero-order chi connectivity index (χ0) is 17.9. The van der Waals surface area contributed by atoms with Crippen LogP contribution in [0.1, 0.15) is 12.5 Å². The third-order valence-electron chi connectivity index (χ3n) is 3.26. The summed E-state index contributed by atoms with van der Waals surface area (Å²) in [5.74, 6) is 0. The van der Waals surface area contributed by atoms with Crippen molar-refractivity contribution in [3.8, 4) is 0 Å². The van der Waals surface area contributed by atoms with Crippen molar-refractivity contribution in [2.75, 3.05) is 0 Å². The molecule has 126 valence electrons. The van der Waals surface area contributed by atoms with Gasteiger partial charge in [-0.3, -0.25) is 0 Å². The predicted octanol–water partition coefficient (Wildman–Crippen LogP) is 6.00. The first-order valence-electron chi connectivity index (χ1n) is 6.40. The minimum Gasteiger partial charge on any atom is -0.169 e. The monoisotopic (exact) mass is 352 g/mol. The second-order valence-electron chi connectivity index (χ2n) is 4.68. The molecule has 0 N–H and O–H groups in total. The number of halogens is 6. The molecule has 0 nitrogen and oxygen atoms in total. The van der Waals surface area contributed by atoms with E-state index in [0.717, 1.165) is 49.4 Å². The summed E-state index contributed by atoms with van der Waals surface area (Å²) >= 11 is 3.77. The highest BCUT2D eigenvalue weighted by Crippen LogP contribution is 2.56. The van der Waals surface area contributed by atoms with Crippen molar-refractivity contribution in [2.24, 2.45) is 0 Å². The molecule has 0 atom stereocenters. The largest absolute Gasteiger partial charge is 0.411 e. The van der Waals surface area contributed by atoms with Crippen LogP contribution in [0.25, 0.3) is 0 Å². The van der Waals surface area contributed by atoms with E-state index < -0.39 is 28.9 Å². The molecule has 0 aliphatic heterocycles. The Morgan fingerprint density at radius 2 is 1.43 bits per heavy atom. The van der Waals surface area contributed by atoms with Crippen LogP contribution in [0, 0.1) is 0 Å². The Morgan fingerprint density at radius 1 is 0.957 bits per heavy atom. The van der Waals surface area contributed by atoms with E-state index in [9.17, 15) is 26.3 Å². The van der Waals surface area contributed by atoms with Gasteiger partial charge in [0.2, 0.25) is 5.41 Å². The topological polar surface area (TPSA) is 0 Å². The van der Waals surface area contributed by atoms with Crippen molar-refractivity contribution in [3.05, 3.63) is 71.2 Å². The van der Waals surface area contributed by atoms with Crippen molar-refractivity contribution in [3.63, 3.8) is 0 Å². The Bertz CT molecular complexity index is 594. The highest BCUT2D eigenvalue weighted by molar-refractivity contribution is 7.84. The quantitative estimate of drug-likeness (QED) is 0.384. The molecule has 0 saturated carbocycles. The Labute approximate surface area is 135 Å². The minimum atomic E-state index is -5.59. The zero-order valence-electron chi connectivity index (χ0n) is 12.0. The fraction of sp³-hybridized carbons (Fsp3) is 0.250. The average Bonchev–Trinajstić information content (AvgIpc) is 2.41. The van der Waals surface area contributed by atoms with Gasteiger partial charge in [0.25, 0.3) is 0 Å². The average molecular weight is 352 g/mol. The van der Waals surface area contributed by atoms with Crippen LogP contribution in [-0.2, 0) is 5.41 Å². The van der Waals surface area contributed by atoms with E-state index in [1.165, 1.54) is 6.07 Å². The first-order chi connectivity index (χ1) is 10.5. The molecule has 0 saturated heterocycles. The maximum Gasteiger partial charge on any atom is 0.411 e. The molecule has 0 amide bonds. The van der Waals surface area contributed by atoms with Gasteiger partial charge in [0, 0.05) is 0 Å². The molecule has 1 aromatic rings. The van der Waals surface area contributed by atoms with Crippen LogP contribution in [0.15, 0.2) is 65.6 Å². The predicted molar refractivity (Wildman–Crippen MR) is 81.3 cm³/mol.